The number of nitrogens with one attached hydrogen (secondary N) is 2. The molecular formula is C14H24N2O. The fourth-order valence-electron chi connectivity index (χ4n) is 3.74. The third-order valence-electron chi connectivity index (χ3n) is 5.06. The summed E-state index contributed by atoms with van der Waals surface area (Å²) in [5, 5.41) is 6.79. The molecule has 17 heavy (non-hydrogen) atoms. The van der Waals surface area contributed by atoms with Gasteiger partial charge in [0.05, 0.1) is 6.04 Å². The van der Waals surface area contributed by atoms with Crippen LogP contribution in [0.3, 0.4) is 0 Å². The lowest BCUT2D eigenvalue weighted by molar-refractivity contribution is -0.125. The SMILES string of the molecule is CC1(NC(=O)C2CC3CCCCC3N2)CCC1. The zero-order valence-electron chi connectivity index (χ0n) is 10.8. The highest BCUT2D eigenvalue weighted by molar-refractivity contribution is 5.83. The van der Waals surface area contributed by atoms with Crippen molar-refractivity contribution >= 4 is 5.91 Å². The number of amides is 1. The van der Waals surface area contributed by atoms with Gasteiger partial charge in [0.15, 0.2) is 0 Å². The molecule has 1 heterocycles. The number of hydrogen-bond acceptors (Lipinski definition) is 2. The van der Waals surface area contributed by atoms with Crippen molar-refractivity contribution in [2.24, 2.45) is 5.92 Å². The molecule has 0 aromatic carbocycles. The lowest BCUT2D eigenvalue weighted by Gasteiger charge is -2.39. The van der Waals surface area contributed by atoms with E-state index in [0.29, 0.717) is 6.04 Å². The molecule has 96 valence electrons. The van der Waals surface area contributed by atoms with Crippen molar-refractivity contribution < 1.29 is 4.79 Å². The highest BCUT2D eigenvalue weighted by Crippen LogP contribution is 2.35. The predicted molar refractivity (Wildman–Crippen MR) is 67.7 cm³/mol. The highest BCUT2D eigenvalue weighted by Gasteiger charge is 2.41. The number of carbonyl (C=O) groups is 1. The number of fused-ring (bicyclic) bond motifs is 1. The van der Waals surface area contributed by atoms with Crippen molar-refractivity contribution in [3.05, 3.63) is 0 Å². The van der Waals surface area contributed by atoms with Crippen molar-refractivity contribution in [3.8, 4) is 0 Å². The summed E-state index contributed by atoms with van der Waals surface area (Å²) in [6.45, 7) is 2.18. The summed E-state index contributed by atoms with van der Waals surface area (Å²) < 4.78 is 0. The molecule has 3 rings (SSSR count). The Morgan fingerprint density at radius 2 is 2.00 bits per heavy atom. The van der Waals surface area contributed by atoms with Crippen molar-refractivity contribution in [3.63, 3.8) is 0 Å². The van der Waals surface area contributed by atoms with Crippen LogP contribution in [0.4, 0.5) is 0 Å². The molecule has 1 amide bonds. The van der Waals surface area contributed by atoms with Crippen LogP contribution in [-0.4, -0.2) is 23.5 Å². The van der Waals surface area contributed by atoms with Crippen molar-refractivity contribution in [1.82, 2.24) is 10.6 Å². The predicted octanol–water partition coefficient (Wildman–Crippen LogP) is 1.97. The molecule has 1 aliphatic heterocycles. The third-order valence-corrected chi connectivity index (χ3v) is 5.06. The van der Waals surface area contributed by atoms with Crippen molar-refractivity contribution in [1.29, 1.82) is 0 Å². The van der Waals surface area contributed by atoms with E-state index in [2.05, 4.69) is 17.6 Å². The summed E-state index contributed by atoms with van der Waals surface area (Å²) in [5.74, 6) is 1.01. The van der Waals surface area contributed by atoms with E-state index in [1.165, 1.54) is 32.1 Å². The Morgan fingerprint density at radius 3 is 2.65 bits per heavy atom. The number of carbonyl (C=O) groups excluding carboxylic acids is 1. The van der Waals surface area contributed by atoms with E-state index in [1.54, 1.807) is 0 Å². The summed E-state index contributed by atoms with van der Waals surface area (Å²) in [6, 6.07) is 0.703. The average Bonchev–Trinajstić information content (AvgIpc) is 2.70. The Kier molecular flexibility index (Phi) is 2.89. The van der Waals surface area contributed by atoms with Crippen molar-refractivity contribution in [2.45, 2.75) is 75.9 Å². The van der Waals surface area contributed by atoms with Crippen LogP contribution in [-0.2, 0) is 4.79 Å². The zero-order chi connectivity index (χ0) is 11.9. The Labute approximate surface area is 104 Å². The highest BCUT2D eigenvalue weighted by atomic mass is 16.2. The summed E-state index contributed by atoms with van der Waals surface area (Å²) in [6.07, 6.45) is 9.91. The molecule has 0 aromatic rings. The minimum Gasteiger partial charge on any atom is -0.350 e. The lowest BCUT2D eigenvalue weighted by atomic mass is 9.78. The zero-order valence-corrected chi connectivity index (χ0v) is 10.8. The van der Waals surface area contributed by atoms with E-state index in [9.17, 15) is 4.79 Å². The smallest absolute Gasteiger partial charge is 0.237 e. The van der Waals surface area contributed by atoms with E-state index in [4.69, 9.17) is 0 Å². The second-order valence-corrected chi connectivity index (χ2v) is 6.51. The van der Waals surface area contributed by atoms with Crippen LogP contribution < -0.4 is 10.6 Å². The van der Waals surface area contributed by atoms with Crippen LogP contribution in [0.25, 0.3) is 0 Å². The Morgan fingerprint density at radius 1 is 1.24 bits per heavy atom. The Balaban J connectivity index is 1.56. The van der Waals surface area contributed by atoms with Gasteiger partial charge in [-0.1, -0.05) is 12.8 Å². The molecule has 3 atom stereocenters. The molecule has 0 radical (unpaired) electrons. The van der Waals surface area contributed by atoms with Crippen LogP contribution in [0, 0.1) is 5.92 Å². The standard InChI is InChI=1S/C14H24N2O/c1-14(7-4-8-14)16-13(17)12-9-10-5-2-3-6-11(10)15-12/h10-12,15H,2-9H2,1H3,(H,16,17). The monoisotopic (exact) mass is 236 g/mol. The van der Waals surface area contributed by atoms with Gasteiger partial charge in [-0.15, -0.1) is 0 Å². The first-order chi connectivity index (χ1) is 8.16. The van der Waals surface area contributed by atoms with Crippen LogP contribution in [0.2, 0.25) is 0 Å². The maximum atomic E-state index is 12.2. The second kappa shape index (κ2) is 4.27. The van der Waals surface area contributed by atoms with E-state index < -0.39 is 0 Å². The van der Waals surface area contributed by atoms with Gasteiger partial charge in [-0.05, 0) is 51.4 Å². The largest absolute Gasteiger partial charge is 0.350 e. The Bertz CT molecular complexity index is 297. The first-order valence-electron chi connectivity index (χ1n) is 7.24. The number of rotatable bonds is 2. The minimum absolute atomic E-state index is 0.0838. The van der Waals surface area contributed by atoms with Gasteiger partial charge >= 0.3 is 0 Å². The fourth-order valence-corrected chi connectivity index (χ4v) is 3.74. The van der Waals surface area contributed by atoms with Crippen molar-refractivity contribution in [2.75, 3.05) is 0 Å². The number of hydrogen-bond donors (Lipinski definition) is 2. The van der Waals surface area contributed by atoms with Gasteiger partial charge in [0, 0.05) is 11.6 Å². The van der Waals surface area contributed by atoms with Gasteiger partial charge in [0.2, 0.25) is 5.91 Å². The molecule has 2 N–H and O–H groups in total. The maximum absolute atomic E-state index is 12.2. The van der Waals surface area contributed by atoms with E-state index in [1.807, 2.05) is 0 Å². The molecule has 1 saturated heterocycles. The first-order valence-corrected chi connectivity index (χ1v) is 7.24. The second-order valence-electron chi connectivity index (χ2n) is 6.51. The summed E-state index contributed by atoms with van der Waals surface area (Å²) in [7, 11) is 0. The summed E-state index contributed by atoms with van der Waals surface area (Å²) >= 11 is 0. The van der Waals surface area contributed by atoms with Gasteiger partial charge in [0.1, 0.15) is 0 Å². The topological polar surface area (TPSA) is 41.1 Å². The van der Waals surface area contributed by atoms with Gasteiger partial charge in [-0.25, -0.2) is 0 Å². The van der Waals surface area contributed by atoms with E-state index in [0.717, 1.165) is 25.2 Å². The van der Waals surface area contributed by atoms with Crippen LogP contribution in [0.5, 0.6) is 0 Å². The van der Waals surface area contributed by atoms with Gasteiger partial charge in [0.25, 0.3) is 0 Å². The molecule has 2 saturated carbocycles. The quantitative estimate of drug-likeness (QED) is 0.769. The molecule has 3 heteroatoms. The first kappa shape index (κ1) is 11.5. The molecule has 3 unspecified atom stereocenters. The minimum atomic E-state index is 0.0838. The third kappa shape index (κ3) is 2.22. The van der Waals surface area contributed by atoms with Gasteiger partial charge in [-0.3, -0.25) is 4.79 Å². The average molecular weight is 236 g/mol. The van der Waals surface area contributed by atoms with E-state index >= 15 is 0 Å². The molecule has 3 nitrogen and oxygen atoms in total. The molecular weight excluding hydrogens is 212 g/mol. The molecule has 3 fully saturated rings. The molecule has 3 aliphatic rings. The van der Waals surface area contributed by atoms with Crippen LogP contribution >= 0.6 is 0 Å². The molecule has 0 aromatic heterocycles. The maximum Gasteiger partial charge on any atom is 0.237 e. The normalized spacial score (nSPS) is 39.2. The summed E-state index contributed by atoms with van der Waals surface area (Å²) in [4.78, 5) is 12.2. The van der Waals surface area contributed by atoms with Gasteiger partial charge in [-0.2, -0.15) is 0 Å². The Hall–Kier alpha value is -0.570. The van der Waals surface area contributed by atoms with Gasteiger partial charge < -0.3 is 10.6 Å². The fraction of sp³-hybridized carbons (Fsp3) is 0.929. The van der Waals surface area contributed by atoms with Crippen LogP contribution in [0.1, 0.15) is 58.3 Å². The van der Waals surface area contributed by atoms with Crippen LogP contribution in [0.15, 0.2) is 0 Å². The van der Waals surface area contributed by atoms with E-state index in [-0.39, 0.29) is 17.5 Å². The molecule has 0 spiro atoms. The lowest BCUT2D eigenvalue weighted by Crippen LogP contribution is -2.55. The molecule has 0 bridgehead atoms. The molecule has 2 aliphatic carbocycles. The summed E-state index contributed by atoms with van der Waals surface area (Å²) in [5.41, 5.74) is 0.104.